The highest BCUT2D eigenvalue weighted by Gasteiger charge is 2.54. The molecule has 0 radical (unpaired) electrons. The summed E-state index contributed by atoms with van der Waals surface area (Å²) in [6.45, 7) is 0.199. The SMILES string of the molecule is C[C@@]1(O)[C@H](O)[C@@H](COP(=O)(O)OP(=O)(O)OP(=O)(O)O)O[C@H]1n1cnc2c1NC(N)=NC2N. The van der Waals surface area contributed by atoms with Gasteiger partial charge in [-0.2, -0.15) is 8.62 Å². The molecule has 7 atom stereocenters. The maximum atomic E-state index is 11.9. The number of aliphatic hydroxyl groups is 2. The van der Waals surface area contributed by atoms with Crippen LogP contribution >= 0.6 is 23.5 Å². The molecule has 0 saturated carbocycles. The first-order valence-corrected chi connectivity index (χ1v) is 13.2. The molecule has 0 amide bonds. The number of phosphoric ester groups is 1. The molecular weight excluding hydrogens is 517 g/mol. The van der Waals surface area contributed by atoms with Gasteiger partial charge in [-0.1, -0.05) is 0 Å². The molecule has 1 fully saturated rings. The van der Waals surface area contributed by atoms with E-state index in [9.17, 15) is 33.7 Å². The molecular formula is C11H21N6O13P3. The third-order valence-electron chi connectivity index (χ3n) is 4.45. The topological polar surface area (TPSA) is 304 Å². The zero-order valence-corrected chi connectivity index (χ0v) is 19.2. The van der Waals surface area contributed by atoms with Gasteiger partial charge in [0.2, 0.25) is 0 Å². The lowest BCUT2D eigenvalue weighted by atomic mass is 9.96. The molecule has 2 aliphatic heterocycles. The summed E-state index contributed by atoms with van der Waals surface area (Å²) < 4.78 is 52.4. The lowest BCUT2D eigenvalue weighted by molar-refractivity contribution is -0.0956. The minimum atomic E-state index is -5.72. The van der Waals surface area contributed by atoms with Crippen LogP contribution < -0.4 is 16.8 Å². The van der Waals surface area contributed by atoms with Gasteiger partial charge in [0.25, 0.3) is 0 Å². The van der Waals surface area contributed by atoms with Crippen LogP contribution in [-0.4, -0.2) is 69.7 Å². The predicted molar refractivity (Wildman–Crippen MR) is 105 cm³/mol. The van der Waals surface area contributed by atoms with Gasteiger partial charge in [0, 0.05) is 0 Å². The maximum absolute atomic E-state index is 11.9. The number of rotatable bonds is 8. The second-order valence-electron chi connectivity index (χ2n) is 7.05. The minimum absolute atomic E-state index is 0.0563. The highest BCUT2D eigenvalue weighted by atomic mass is 31.3. The summed E-state index contributed by atoms with van der Waals surface area (Å²) in [6.07, 6.45) is -4.31. The number of anilines is 1. The Balaban J connectivity index is 1.73. The lowest BCUT2D eigenvalue weighted by Gasteiger charge is -2.29. The van der Waals surface area contributed by atoms with Gasteiger partial charge in [0.1, 0.15) is 35.5 Å². The monoisotopic (exact) mass is 538 g/mol. The average Bonchev–Trinajstić information content (AvgIpc) is 3.10. The highest BCUT2D eigenvalue weighted by Crippen LogP contribution is 2.66. The van der Waals surface area contributed by atoms with E-state index in [1.165, 1.54) is 17.8 Å². The van der Waals surface area contributed by atoms with Gasteiger partial charge in [-0.15, -0.1) is 0 Å². The Labute approximate surface area is 184 Å². The number of aliphatic imine (C=N–C) groups is 1. The van der Waals surface area contributed by atoms with Gasteiger partial charge in [-0.05, 0) is 6.92 Å². The summed E-state index contributed by atoms with van der Waals surface area (Å²) in [5.41, 5.74) is 9.68. The van der Waals surface area contributed by atoms with Crippen LogP contribution in [-0.2, 0) is 31.6 Å². The van der Waals surface area contributed by atoms with Gasteiger partial charge in [-0.25, -0.2) is 23.7 Å². The van der Waals surface area contributed by atoms with Crippen molar-refractivity contribution in [1.29, 1.82) is 0 Å². The Morgan fingerprint density at radius 1 is 1.24 bits per heavy atom. The summed E-state index contributed by atoms with van der Waals surface area (Å²) in [4.78, 5) is 43.7. The van der Waals surface area contributed by atoms with E-state index in [2.05, 4.69) is 28.4 Å². The van der Waals surface area contributed by atoms with Crippen LogP contribution in [0.25, 0.3) is 0 Å². The molecule has 188 valence electrons. The normalized spacial score (nSPS) is 33.5. The van der Waals surface area contributed by atoms with Crippen LogP contribution in [0, 0.1) is 0 Å². The first kappa shape index (κ1) is 26.3. The third-order valence-corrected chi connectivity index (χ3v) is 8.25. The molecule has 3 unspecified atom stereocenters. The molecule has 1 saturated heterocycles. The standard InChI is InChI=1S/C11H21N6O13P3/c1-11(19)6(18)4(2-27-32(23,24)30-33(25,26)29-31(20,21)22)28-9(11)17-3-14-5-7(12)15-10(13)16-8(5)17/h3-4,6-7,9,18-19H,2,12H2,1H3,(H,23,24)(H,25,26)(H3,13,15,16)(H2,20,21,22)/t4-,6-,7?,9-,11-/m1/s1. The van der Waals surface area contributed by atoms with Gasteiger partial charge in [0.15, 0.2) is 12.2 Å². The molecule has 3 heterocycles. The predicted octanol–water partition coefficient (Wildman–Crippen LogP) is -2.07. The van der Waals surface area contributed by atoms with Crippen molar-refractivity contribution in [3.63, 3.8) is 0 Å². The number of guanidine groups is 1. The quantitative estimate of drug-likeness (QED) is 0.161. The Bertz CT molecular complexity index is 1090. The molecule has 3 rings (SSSR count). The van der Waals surface area contributed by atoms with Crippen LogP contribution in [0.4, 0.5) is 5.82 Å². The van der Waals surface area contributed by atoms with Crippen LogP contribution in [0.5, 0.6) is 0 Å². The molecule has 1 aromatic rings. The Kier molecular flexibility index (Phi) is 6.98. The number of ether oxygens (including phenoxy) is 1. The van der Waals surface area contributed by atoms with Crippen molar-refractivity contribution >= 4 is 35.2 Å². The highest BCUT2D eigenvalue weighted by molar-refractivity contribution is 7.66. The van der Waals surface area contributed by atoms with Crippen molar-refractivity contribution in [1.82, 2.24) is 9.55 Å². The number of hydrogen-bond donors (Lipinski definition) is 9. The van der Waals surface area contributed by atoms with Crippen molar-refractivity contribution in [3.05, 3.63) is 12.0 Å². The van der Waals surface area contributed by atoms with Gasteiger partial charge in [-0.3, -0.25) is 9.09 Å². The van der Waals surface area contributed by atoms with Gasteiger partial charge in [0.05, 0.1) is 12.9 Å². The van der Waals surface area contributed by atoms with E-state index in [1.54, 1.807) is 0 Å². The molecule has 33 heavy (non-hydrogen) atoms. The summed E-state index contributed by atoms with van der Waals surface area (Å²) in [5, 5.41) is 23.9. The average molecular weight is 538 g/mol. The van der Waals surface area contributed by atoms with Crippen molar-refractivity contribution in [2.24, 2.45) is 16.5 Å². The van der Waals surface area contributed by atoms with Crippen molar-refractivity contribution in [2.45, 2.75) is 37.1 Å². The number of aliphatic hydroxyl groups excluding tert-OH is 1. The Morgan fingerprint density at radius 3 is 2.48 bits per heavy atom. The van der Waals surface area contributed by atoms with Crippen LogP contribution in [0.15, 0.2) is 11.3 Å². The minimum Gasteiger partial charge on any atom is -0.387 e. The molecule has 0 aliphatic carbocycles. The third kappa shape index (κ3) is 5.87. The summed E-state index contributed by atoms with van der Waals surface area (Å²) >= 11 is 0. The van der Waals surface area contributed by atoms with Crippen molar-refractivity contribution in [3.8, 4) is 0 Å². The van der Waals surface area contributed by atoms with Crippen molar-refractivity contribution in [2.75, 3.05) is 11.9 Å². The summed E-state index contributed by atoms with van der Waals surface area (Å²) in [7, 11) is -16.8. The van der Waals surface area contributed by atoms with Gasteiger partial charge < -0.3 is 51.3 Å². The fraction of sp³-hybridized carbons (Fsp3) is 0.636. The second-order valence-corrected chi connectivity index (χ2v) is 11.5. The van der Waals surface area contributed by atoms with Crippen LogP contribution in [0.1, 0.15) is 25.0 Å². The van der Waals surface area contributed by atoms with Crippen molar-refractivity contribution < 1.29 is 61.4 Å². The van der Waals surface area contributed by atoms with E-state index in [1.807, 2.05) is 0 Å². The van der Waals surface area contributed by atoms with E-state index in [-0.39, 0.29) is 17.5 Å². The molecule has 19 nitrogen and oxygen atoms in total. The lowest BCUT2D eigenvalue weighted by Crippen LogP contribution is -2.44. The van der Waals surface area contributed by atoms with E-state index in [0.717, 1.165) is 0 Å². The molecule has 1 aromatic heterocycles. The van der Waals surface area contributed by atoms with E-state index >= 15 is 0 Å². The van der Waals surface area contributed by atoms with Gasteiger partial charge >= 0.3 is 23.5 Å². The molecule has 2 aliphatic rings. The van der Waals surface area contributed by atoms with E-state index < -0.39 is 60.3 Å². The number of nitrogens with one attached hydrogen (secondary N) is 1. The zero-order valence-electron chi connectivity index (χ0n) is 16.5. The Hall–Kier alpha value is -1.27. The first-order valence-electron chi connectivity index (χ1n) is 8.69. The Morgan fingerprint density at radius 2 is 1.88 bits per heavy atom. The number of imidazole rings is 1. The fourth-order valence-corrected chi connectivity index (χ4v) is 6.14. The van der Waals surface area contributed by atoms with Crippen LogP contribution in [0.3, 0.4) is 0 Å². The number of nitrogens with zero attached hydrogens (tertiary/aromatic N) is 3. The number of aromatic nitrogens is 2. The molecule has 0 aromatic carbocycles. The van der Waals surface area contributed by atoms with E-state index in [4.69, 9.17) is 26.0 Å². The first-order chi connectivity index (χ1) is 14.9. The summed E-state index contributed by atoms with van der Waals surface area (Å²) in [6, 6.07) is 0. The fourth-order valence-electron chi connectivity index (χ4n) is 3.11. The number of phosphoric acid groups is 3. The zero-order chi connectivity index (χ0) is 25.0. The van der Waals surface area contributed by atoms with E-state index in [0.29, 0.717) is 0 Å². The molecule has 22 heteroatoms. The molecule has 0 bridgehead atoms. The number of fused-ring (bicyclic) bond motifs is 1. The summed E-state index contributed by atoms with van der Waals surface area (Å²) in [5.74, 6) is 0.139. The van der Waals surface area contributed by atoms with Crippen LogP contribution in [0.2, 0.25) is 0 Å². The molecule has 11 N–H and O–H groups in total. The number of nitrogens with two attached hydrogens (primary N) is 2. The smallest absolute Gasteiger partial charge is 0.387 e. The number of hydrogen-bond acceptors (Lipinski definition) is 14. The maximum Gasteiger partial charge on any atom is 0.490 e. The largest absolute Gasteiger partial charge is 0.490 e. The molecule has 0 spiro atoms. The second kappa shape index (κ2) is 8.75.